The van der Waals surface area contributed by atoms with Crippen LogP contribution in [0.4, 0.5) is 22.8 Å². The summed E-state index contributed by atoms with van der Waals surface area (Å²) in [7, 11) is 0. The molecular formula is C26H32F3N5O6. The van der Waals surface area contributed by atoms with Crippen molar-refractivity contribution in [3.8, 4) is 17.1 Å². The minimum atomic E-state index is -4.69. The Hall–Kier alpha value is -4.10. The van der Waals surface area contributed by atoms with Crippen molar-refractivity contribution in [2.24, 2.45) is 4.99 Å². The average Bonchev–Trinajstić information content (AvgIpc) is 3.51. The van der Waals surface area contributed by atoms with E-state index in [0.29, 0.717) is 19.4 Å². The van der Waals surface area contributed by atoms with E-state index in [2.05, 4.69) is 20.4 Å². The summed E-state index contributed by atoms with van der Waals surface area (Å²) < 4.78 is 57.3. The van der Waals surface area contributed by atoms with Gasteiger partial charge in [0.25, 0.3) is 0 Å². The van der Waals surface area contributed by atoms with E-state index in [-0.39, 0.29) is 35.6 Å². The lowest BCUT2D eigenvalue weighted by Crippen LogP contribution is -2.44. The Kier molecular flexibility index (Phi) is 9.77. The third-order valence-corrected chi connectivity index (χ3v) is 5.56. The first kappa shape index (κ1) is 30.4. The van der Waals surface area contributed by atoms with Crippen LogP contribution in [-0.2, 0) is 10.9 Å². The highest BCUT2D eigenvalue weighted by Crippen LogP contribution is 2.39. The molecule has 2 amide bonds. The van der Waals surface area contributed by atoms with Crippen molar-refractivity contribution in [3.63, 3.8) is 0 Å². The highest BCUT2D eigenvalue weighted by Gasteiger charge is 2.37. The number of alkyl halides is 3. The number of hydrogen-bond acceptors (Lipinski definition) is 7. The van der Waals surface area contributed by atoms with Crippen LogP contribution in [0.15, 0.2) is 39.9 Å². The van der Waals surface area contributed by atoms with Crippen LogP contribution in [-0.4, -0.2) is 57.0 Å². The summed E-state index contributed by atoms with van der Waals surface area (Å²) >= 11 is 0. The molecule has 40 heavy (non-hydrogen) atoms. The predicted molar refractivity (Wildman–Crippen MR) is 138 cm³/mol. The van der Waals surface area contributed by atoms with Crippen molar-refractivity contribution < 1.29 is 41.9 Å². The van der Waals surface area contributed by atoms with Gasteiger partial charge in [0.15, 0.2) is 0 Å². The number of carbonyl (C=O) groups is 2. The predicted octanol–water partition coefficient (Wildman–Crippen LogP) is 6.19. The summed E-state index contributed by atoms with van der Waals surface area (Å²) in [6, 6.07) is 2.79. The topological polar surface area (TPSA) is 139 Å². The molecular weight excluding hydrogens is 535 g/mol. The molecule has 1 aliphatic heterocycles. The lowest BCUT2D eigenvalue weighted by Gasteiger charge is -2.25. The zero-order valence-corrected chi connectivity index (χ0v) is 22.6. The van der Waals surface area contributed by atoms with Gasteiger partial charge in [0, 0.05) is 12.1 Å². The van der Waals surface area contributed by atoms with Gasteiger partial charge in [-0.3, -0.25) is 5.32 Å². The summed E-state index contributed by atoms with van der Waals surface area (Å²) in [5.74, 6) is -0.700. The van der Waals surface area contributed by atoms with E-state index in [1.54, 1.807) is 26.8 Å². The molecule has 1 atom stereocenters. The Balaban J connectivity index is 1.86. The number of likely N-dealkylation sites (tertiary alicyclic amines) is 1. The number of aliphatic imine (C=N–C) groups is 1. The minimum Gasteiger partial charge on any atom is -0.489 e. The van der Waals surface area contributed by atoms with Crippen LogP contribution >= 0.6 is 0 Å². The quantitative estimate of drug-likeness (QED) is 0.228. The largest absolute Gasteiger partial charge is 0.489 e. The lowest BCUT2D eigenvalue weighted by atomic mass is 10.1. The molecule has 0 unspecified atom stereocenters. The number of hydrogen-bond donors (Lipinski definition) is 2. The summed E-state index contributed by atoms with van der Waals surface area (Å²) in [6.07, 6.45) is -0.941. The summed E-state index contributed by atoms with van der Waals surface area (Å²) in [4.78, 5) is 33.2. The van der Waals surface area contributed by atoms with Gasteiger partial charge in [0.05, 0.1) is 5.56 Å². The highest BCUT2D eigenvalue weighted by atomic mass is 19.4. The number of rotatable bonds is 7. The van der Waals surface area contributed by atoms with Gasteiger partial charge in [-0.25, -0.2) is 9.59 Å². The summed E-state index contributed by atoms with van der Waals surface area (Å²) in [6.45, 7) is 7.18. The van der Waals surface area contributed by atoms with Crippen molar-refractivity contribution in [1.29, 1.82) is 0 Å². The summed E-state index contributed by atoms with van der Waals surface area (Å²) in [5.41, 5.74) is -1.80. The van der Waals surface area contributed by atoms with Crippen LogP contribution in [0.1, 0.15) is 70.9 Å². The number of guanidine groups is 1. The van der Waals surface area contributed by atoms with E-state index < -0.39 is 35.6 Å². The monoisotopic (exact) mass is 567 g/mol. The number of ether oxygens (including phenoxy) is 2. The third kappa shape index (κ3) is 8.45. The molecule has 3 rings (SSSR count). The fourth-order valence-corrected chi connectivity index (χ4v) is 3.90. The van der Waals surface area contributed by atoms with Gasteiger partial charge in [-0.1, -0.05) is 30.7 Å². The van der Waals surface area contributed by atoms with E-state index in [4.69, 9.17) is 14.0 Å². The number of allylic oxidation sites excluding steroid dienone is 1. The van der Waals surface area contributed by atoms with Gasteiger partial charge >= 0.3 is 18.4 Å². The van der Waals surface area contributed by atoms with E-state index in [1.165, 1.54) is 17.0 Å². The van der Waals surface area contributed by atoms with Crippen molar-refractivity contribution in [2.75, 3.05) is 13.2 Å². The number of carbonyl (C=O) groups excluding carboxylic acids is 1. The number of nitrogens with zero attached hydrogens (tertiary/aromatic N) is 4. The maximum Gasteiger partial charge on any atom is 0.437 e. The fourth-order valence-electron chi connectivity index (χ4n) is 3.90. The molecule has 0 bridgehead atoms. The van der Waals surface area contributed by atoms with Crippen LogP contribution in [0.5, 0.6) is 5.75 Å². The number of amides is 2. The maximum absolute atomic E-state index is 13.8. The molecule has 2 heterocycles. The van der Waals surface area contributed by atoms with Crippen molar-refractivity contribution in [1.82, 2.24) is 20.4 Å². The molecule has 14 heteroatoms. The fraction of sp³-hybridized carbons (Fsp3) is 0.500. The zero-order valence-electron chi connectivity index (χ0n) is 22.6. The Bertz CT molecular complexity index is 1250. The Morgan fingerprint density at radius 2 is 2.02 bits per heavy atom. The molecule has 11 nitrogen and oxygen atoms in total. The van der Waals surface area contributed by atoms with E-state index in [0.717, 1.165) is 18.9 Å². The van der Waals surface area contributed by atoms with E-state index >= 15 is 0 Å². The summed E-state index contributed by atoms with van der Waals surface area (Å²) in [5, 5.41) is 15.2. The molecule has 218 valence electrons. The molecule has 0 saturated carbocycles. The van der Waals surface area contributed by atoms with Gasteiger partial charge in [-0.2, -0.15) is 18.2 Å². The van der Waals surface area contributed by atoms with Gasteiger partial charge in [-0.15, -0.1) is 4.99 Å². The number of unbranched alkanes of at least 4 members (excludes halogenated alkanes) is 1. The number of aromatic nitrogens is 2. The number of carboxylic acid groups (broad SMARTS) is 1. The second-order valence-corrected chi connectivity index (χ2v) is 9.93. The van der Waals surface area contributed by atoms with E-state index in [1.807, 2.05) is 13.0 Å². The molecule has 0 radical (unpaired) electrons. The molecule has 2 aromatic rings. The lowest BCUT2D eigenvalue weighted by molar-refractivity contribution is -0.138. The normalized spacial score (nSPS) is 16.4. The van der Waals surface area contributed by atoms with Gasteiger partial charge in [0.2, 0.25) is 17.7 Å². The van der Waals surface area contributed by atoms with Crippen molar-refractivity contribution in [3.05, 3.63) is 41.8 Å². The molecule has 1 aromatic heterocycles. The molecule has 0 spiro atoms. The van der Waals surface area contributed by atoms with Gasteiger partial charge in [0.1, 0.15) is 24.0 Å². The zero-order chi connectivity index (χ0) is 29.5. The first-order valence-corrected chi connectivity index (χ1v) is 12.7. The van der Waals surface area contributed by atoms with Crippen LogP contribution in [0.25, 0.3) is 11.4 Å². The van der Waals surface area contributed by atoms with Crippen molar-refractivity contribution in [2.45, 2.75) is 71.2 Å². The molecule has 1 aliphatic rings. The number of nitrogens with one attached hydrogen (secondary N) is 1. The Morgan fingerprint density at radius 1 is 1.27 bits per heavy atom. The van der Waals surface area contributed by atoms with Gasteiger partial charge in [-0.05, 0) is 58.2 Å². The highest BCUT2D eigenvalue weighted by molar-refractivity contribution is 5.98. The molecule has 1 fully saturated rings. The first-order chi connectivity index (χ1) is 18.8. The molecule has 0 aliphatic carbocycles. The Labute approximate surface area is 229 Å². The second kappa shape index (κ2) is 12.8. The van der Waals surface area contributed by atoms with Crippen LogP contribution < -0.4 is 10.1 Å². The van der Waals surface area contributed by atoms with Crippen LogP contribution in [0, 0.1) is 0 Å². The van der Waals surface area contributed by atoms with Crippen LogP contribution in [0.3, 0.4) is 0 Å². The van der Waals surface area contributed by atoms with Crippen molar-refractivity contribution >= 4 is 18.1 Å². The van der Waals surface area contributed by atoms with Crippen LogP contribution in [0.2, 0.25) is 0 Å². The third-order valence-electron chi connectivity index (χ3n) is 5.56. The van der Waals surface area contributed by atoms with Gasteiger partial charge < -0.3 is 24.0 Å². The Morgan fingerprint density at radius 3 is 2.67 bits per heavy atom. The minimum absolute atomic E-state index is 0.0101. The van der Waals surface area contributed by atoms with E-state index in [9.17, 15) is 27.9 Å². The SMILES string of the molecule is CCC/C=C/COc1ccc(-c2noc([C@@H]3CCCN3C(=NC(=O)OC(C)(C)C)NC(=O)O)n2)cc1C(F)(F)F. The molecule has 1 saturated heterocycles. The standard InChI is InChI=1S/C26H32F3N5O6/c1-5-6-7-8-14-38-19-12-11-16(15-17(19)26(27,28)29)20-30-21(40-33-20)18-10-9-13-34(18)22(31-23(35)36)32-24(37)39-25(2,3)4/h7-8,11-12,15,18H,5-6,9-10,13-14H2,1-4H3,(H,35,36)(H,31,32,37)/b8-7+/t18-/m0/s1. The molecule has 1 aromatic carbocycles. The average molecular weight is 568 g/mol. The number of halogens is 3. The molecule has 2 N–H and O–H groups in total. The maximum atomic E-state index is 13.8. The second-order valence-electron chi connectivity index (χ2n) is 9.93. The number of benzene rings is 1. The first-order valence-electron chi connectivity index (χ1n) is 12.7. The smallest absolute Gasteiger partial charge is 0.437 e.